The number of hydrogen-bond acceptors (Lipinski definition) is 0. The minimum Gasteiger partial charge on any atom is -0.113 e. The quantitative estimate of drug-likeness (QED) is 0.579. The van der Waals surface area contributed by atoms with Gasteiger partial charge in [0, 0.05) is 5.02 Å². The zero-order valence-corrected chi connectivity index (χ0v) is 14.2. The molecule has 0 heterocycles. The Labute approximate surface area is 131 Å². The van der Waals surface area contributed by atoms with E-state index in [9.17, 15) is 0 Å². The molecule has 1 atom stereocenters. The Morgan fingerprint density at radius 3 is 1.55 bits per heavy atom. The molecule has 0 amide bonds. The van der Waals surface area contributed by atoms with Crippen LogP contribution in [0.15, 0.2) is 24.3 Å². The zero-order valence-electron chi connectivity index (χ0n) is 12.6. The summed E-state index contributed by atoms with van der Waals surface area (Å²) in [5.74, 6) is 0. The highest BCUT2D eigenvalue weighted by molar-refractivity contribution is 6.30. The summed E-state index contributed by atoms with van der Waals surface area (Å²) in [5.41, 5.74) is 8.94. The number of alkyl halides is 1. The summed E-state index contributed by atoms with van der Waals surface area (Å²) in [5, 5.41) is 0.604. The molecule has 0 fully saturated rings. The van der Waals surface area contributed by atoms with Crippen LogP contribution in [0.3, 0.4) is 0 Å². The number of hydrogen-bond donors (Lipinski definition) is 0. The van der Waals surface area contributed by atoms with Crippen LogP contribution in [0.25, 0.3) is 0 Å². The Morgan fingerprint density at radius 1 is 0.700 bits per heavy atom. The largest absolute Gasteiger partial charge is 0.113 e. The van der Waals surface area contributed by atoms with E-state index < -0.39 is 0 Å². The van der Waals surface area contributed by atoms with Crippen molar-refractivity contribution in [3.05, 3.63) is 68.2 Å². The SMILES string of the molecule is Cc1c(C)c(C)c([C@H](Cl)c2ccc(Cl)cc2)c(C)c1C. The fourth-order valence-electron chi connectivity index (χ4n) is 2.71. The van der Waals surface area contributed by atoms with Crippen molar-refractivity contribution < 1.29 is 0 Å². The molecule has 0 radical (unpaired) electrons. The maximum absolute atomic E-state index is 6.75. The molecule has 2 heteroatoms. The Balaban J connectivity index is 2.60. The van der Waals surface area contributed by atoms with Gasteiger partial charge in [0.15, 0.2) is 0 Å². The van der Waals surface area contributed by atoms with Crippen LogP contribution < -0.4 is 0 Å². The molecule has 2 aromatic carbocycles. The van der Waals surface area contributed by atoms with Crippen LogP contribution >= 0.6 is 23.2 Å². The van der Waals surface area contributed by atoms with Gasteiger partial charge in [0.05, 0.1) is 5.38 Å². The Morgan fingerprint density at radius 2 is 1.10 bits per heavy atom. The van der Waals surface area contributed by atoms with E-state index >= 15 is 0 Å². The van der Waals surface area contributed by atoms with Crippen molar-refractivity contribution >= 4 is 23.2 Å². The van der Waals surface area contributed by atoms with E-state index in [2.05, 4.69) is 34.6 Å². The topological polar surface area (TPSA) is 0 Å². The van der Waals surface area contributed by atoms with Gasteiger partial charge in [-0.25, -0.2) is 0 Å². The predicted molar refractivity (Wildman–Crippen MR) is 89.3 cm³/mol. The van der Waals surface area contributed by atoms with Gasteiger partial charge in [-0.3, -0.25) is 0 Å². The number of rotatable bonds is 2. The summed E-state index contributed by atoms with van der Waals surface area (Å²) in [6.45, 7) is 10.9. The lowest BCUT2D eigenvalue weighted by atomic mass is 9.86. The summed E-state index contributed by atoms with van der Waals surface area (Å²) in [6.07, 6.45) is 0. The van der Waals surface area contributed by atoms with Crippen molar-refractivity contribution in [1.29, 1.82) is 0 Å². The number of benzene rings is 2. The van der Waals surface area contributed by atoms with Crippen molar-refractivity contribution in [2.75, 3.05) is 0 Å². The Bertz CT molecular complexity index is 610. The molecular weight excluding hydrogens is 287 g/mol. The van der Waals surface area contributed by atoms with Gasteiger partial charge in [0.1, 0.15) is 0 Å². The second kappa shape index (κ2) is 5.79. The Hall–Kier alpha value is -0.980. The molecule has 0 bridgehead atoms. The van der Waals surface area contributed by atoms with E-state index in [1.54, 1.807) is 0 Å². The molecule has 106 valence electrons. The zero-order chi connectivity index (χ0) is 15.0. The maximum Gasteiger partial charge on any atom is 0.0840 e. The Kier molecular flexibility index (Phi) is 4.46. The first kappa shape index (κ1) is 15.4. The van der Waals surface area contributed by atoms with Crippen molar-refractivity contribution in [2.45, 2.75) is 40.0 Å². The van der Waals surface area contributed by atoms with Crippen LogP contribution in [0, 0.1) is 34.6 Å². The van der Waals surface area contributed by atoms with Crippen molar-refractivity contribution in [2.24, 2.45) is 0 Å². The molecule has 0 aliphatic carbocycles. The first-order chi connectivity index (χ1) is 9.34. The van der Waals surface area contributed by atoms with Crippen molar-refractivity contribution in [3.8, 4) is 0 Å². The monoisotopic (exact) mass is 306 g/mol. The van der Waals surface area contributed by atoms with Crippen LogP contribution in [0.2, 0.25) is 5.02 Å². The highest BCUT2D eigenvalue weighted by atomic mass is 35.5. The fourth-order valence-corrected chi connectivity index (χ4v) is 3.31. The van der Waals surface area contributed by atoms with Gasteiger partial charge >= 0.3 is 0 Å². The molecule has 0 nitrogen and oxygen atoms in total. The van der Waals surface area contributed by atoms with E-state index in [4.69, 9.17) is 23.2 Å². The van der Waals surface area contributed by atoms with Gasteiger partial charge in [-0.2, -0.15) is 0 Å². The van der Waals surface area contributed by atoms with Crippen LogP contribution in [-0.2, 0) is 0 Å². The summed E-state index contributed by atoms with van der Waals surface area (Å²) in [4.78, 5) is 0. The van der Waals surface area contributed by atoms with E-state index in [0.717, 1.165) is 10.6 Å². The highest BCUT2D eigenvalue weighted by Gasteiger charge is 2.20. The molecule has 0 unspecified atom stereocenters. The molecule has 0 saturated heterocycles. The molecular formula is C18H20Cl2. The van der Waals surface area contributed by atoms with Crippen LogP contribution in [0.4, 0.5) is 0 Å². The van der Waals surface area contributed by atoms with Gasteiger partial charge in [0.25, 0.3) is 0 Å². The molecule has 20 heavy (non-hydrogen) atoms. The molecule has 2 aromatic rings. The third-order valence-corrected chi connectivity index (χ3v) is 5.20. The summed E-state index contributed by atoms with van der Waals surface area (Å²) in [6, 6.07) is 7.79. The van der Waals surface area contributed by atoms with Crippen molar-refractivity contribution in [1.82, 2.24) is 0 Å². The van der Waals surface area contributed by atoms with Crippen molar-refractivity contribution in [3.63, 3.8) is 0 Å². The average molecular weight is 307 g/mol. The predicted octanol–water partition coefficient (Wildman–Crippen LogP) is 6.21. The van der Waals surface area contributed by atoms with E-state index in [1.165, 1.54) is 33.4 Å². The lowest BCUT2D eigenvalue weighted by Crippen LogP contribution is -2.06. The van der Waals surface area contributed by atoms with Crippen LogP contribution in [0.1, 0.15) is 44.3 Å². The van der Waals surface area contributed by atoms with Gasteiger partial charge < -0.3 is 0 Å². The first-order valence-corrected chi connectivity index (χ1v) is 7.62. The molecule has 0 spiro atoms. The van der Waals surface area contributed by atoms with Crippen LogP contribution in [0.5, 0.6) is 0 Å². The fraction of sp³-hybridized carbons (Fsp3) is 0.333. The molecule has 0 aromatic heterocycles. The molecule has 0 saturated carbocycles. The van der Waals surface area contributed by atoms with Gasteiger partial charge in [-0.1, -0.05) is 23.7 Å². The van der Waals surface area contributed by atoms with Gasteiger partial charge in [-0.05, 0) is 85.7 Å². The summed E-state index contributed by atoms with van der Waals surface area (Å²) >= 11 is 12.7. The van der Waals surface area contributed by atoms with E-state index in [-0.39, 0.29) is 5.38 Å². The number of halogens is 2. The lowest BCUT2D eigenvalue weighted by Gasteiger charge is -2.22. The normalized spacial score (nSPS) is 12.6. The van der Waals surface area contributed by atoms with E-state index in [1.807, 2.05) is 24.3 Å². The second-order valence-corrected chi connectivity index (χ2v) is 6.33. The van der Waals surface area contributed by atoms with Crippen LogP contribution in [-0.4, -0.2) is 0 Å². The highest BCUT2D eigenvalue weighted by Crippen LogP contribution is 2.37. The molecule has 0 aliphatic rings. The van der Waals surface area contributed by atoms with Gasteiger partial charge in [0.2, 0.25) is 0 Å². The smallest absolute Gasteiger partial charge is 0.0840 e. The lowest BCUT2D eigenvalue weighted by molar-refractivity contribution is 1.04. The average Bonchev–Trinajstić information content (AvgIpc) is 2.44. The maximum atomic E-state index is 6.75. The first-order valence-electron chi connectivity index (χ1n) is 6.81. The second-order valence-electron chi connectivity index (χ2n) is 5.45. The summed E-state index contributed by atoms with van der Waals surface area (Å²) < 4.78 is 0. The van der Waals surface area contributed by atoms with E-state index in [0.29, 0.717) is 0 Å². The molecule has 0 aliphatic heterocycles. The van der Waals surface area contributed by atoms with Gasteiger partial charge in [-0.15, -0.1) is 11.6 Å². The minimum atomic E-state index is -0.134. The third kappa shape index (κ3) is 2.60. The minimum absolute atomic E-state index is 0.134. The molecule has 2 rings (SSSR count). The third-order valence-electron chi connectivity index (χ3n) is 4.47. The summed E-state index contributed by atoms with van der Waals surface area (Å²) in [7, 11) is 0. The molecule has 0 N–H and O–H groups in total. The standard InChI is InChI=1S/C18H20Cl2/c1-10-11(2)13(4)17(14(5)12(10)3)18(20)15-6-8-16(19)9-7-15/h6-9,18H,1-5H3/t18-/m1/s1.